The van der Waals surface area contributed by atoms with Gasteiger partial charge in [0.15, 0.2) is 8.32 Å². The second-order valence-corrected chi connectivity index (χ2v) is 15.0. The molecule has 6 nitrogen and oxygen atoms in total. The average molecular weight is 434 g/mol. The van der Waals surface area contributed by atoms with Crippen LogP contribution in [0.1, 0.15) is 70.6 Å². The largest absolute Gasteiger partial charge is 0.426 e. The monoisotopic (exact) mass is 433 g/mol. The van der Waals surface area contributed by atoms with E-state index in [1.807, 2.05) is 13.0 Å². The Morgan fingerprint density at radius 2 is 1.80 bits per heavy atom. The van der Waals surface area contributed by atoms with Crippen LogP contribution in [0, 0.1) is 13.8 Å². The molecule has 0 radical (unpaired) electrons. The van der Waals surface area contributed by atoms with Gasteiger partial charge < -0.3 is 9.16 Å². The summed E-state index contributed by atoms with van der Waals surface area (Å²) in [6.45, 7) is 20.7. The van der Waals surface area contributed by atoms with Gasteiger partial charge in [0.05, 0.1) is 0 Å². The lowest BCUT2D eigenvalue weighted by atomic mass is 9.78. The van der Waals surface area contributed by atoms with Gasteiger partial charge in [-0.15, -0.1) is 0 Å². The molecule has 0 atom stereocenters. The number of carbonyl (C=O) groups excluding carboxylic acids is 1. The smallest absolute Gasteiger partial charge is 0.311 e. The van der Waals surface area contributed by atoms with Crippen molar-refractivity contribution in [1.29, 1.82) is 0 Å². The predicted molar refractivity (Wildman–Crippen MR) is 126 cm³/mol. The highest BCUT2D eigenvalue weighted by molar-refractivity contribution is 6.74. The van der Waals surface area contributed by atoms with Crippen LogP contribution >= 0.6 is 0 Å². The number of hydrogen-bond donors (Lipinski definition) is 0. The molecular weight excluding hydrogens is 394 g/mol. The number of aryl methyl sites for hydroxylation is 2. The molecule has 0 spiro atoms. The van der Waals surface area contributed by atoms with Gasteiger partial charge in [0, 0.05) is 30.0 Å². The zero-order valence-electron chi connectivity index (χ0n) is 20.3. The Morgan fingerprint density at radius 1 is 1.17 bits per heavy atom. The molecule has 0 aliphatic rings. The molecule has 0 saturated heterocycles. The van der Waals surface area contributed by atoms with E-state index in [1.54, 1.807) is 0 Å². The molecule has 0 fully saturated rings. The molecule has 30 heavy (non-hydrogen) atoms. The van der Waals surface area contributed by atoms with Crippen molar-refractivity contribution in [2.75, 3.05) is 13.2 Å². The molecule has 0 amide bonds. The number of hydrogen-bond acceptors (Lipinski definition) is 4. The van der Waals surface area contributed by atoms with Gasteiger partial charge in [-0.3, -0.25) is 4.79 Å². The lowest BCUT2D eigenvalue weighted by Crippen LogP contribution is -2.41. The van der Waals surface area contributed by atoms with Crippen LogP contribution < -0.4 is 4.74 Å². The number of benzene rings is 1. The molecule has 7 heteroatoms. The van der Waals surface area contributed by atoms with Crippen LogP contribution in [0.4, 0.5) is 0 Å². The van der Waals surface area contributed by atoms with Gasteiger partial charge in [0.2, 0.25) is 0 Å². The first-order valence-corrected chi connectivity index (χ1v) is 13.6. The molecule has 0 heterocycles. The zero-order valence-corrected chi connectivity index (χ0v) is 21.3. The Morgan fingerprint density at radius 3 is 2.37 bits per heavy atom. The zero-order chi connectivity index (χ0) is 23.2. The molecule has 168 valence electrons. The summed E-state index contributed by atoms with van der Waals surface area (Å²) in [5.74, 6) is 0.321. The summed E-state index contributed by atoms with van der Waals surface area (Å²) in [5, 5.41) is 3.64. The first-order valence-electron chi connectivity index (χ1n) is 10.7. The van der Waals surface area contributed by atoms with Gasteiger partial charge >= 0.3 is 5.97 Å². The minimum Gasteiger partial charge on any atom is -0.426 e. The summed E-state index contributed by atoms with van der Waals surface area (Å²) < 4.78 is 12.2. The van der Waals surface area contributed by atoms with Crippen LogP contribution in [0.3, 0.4) is 0 Å². The Balaban J connectivity index is 3.00. The highest BCUT2D eigenvalue weighted by Gasteiger charge is 2.37. The first-order chi connectivity index (χ1) is 13.7. The maximum atomic E-state index is 12.4. The topological polar surface area (TPSA) is 84.3 Å². The fraction of sp³-hybridized carbons (Fsp3) is 0.696. The number of azide groups is 1. The fourth-order valence-corrected chi connectivity index (χ4v) is 4.34. The summed E-state index contributed by atoms with van der Waals surface area (Å²) >= 11 is 0. The van der Waals surface area contributed by atoms with Crippen molar-refractivity contribution in [2.24, 2.45) is 5.11 Å². The van der Waals surface area contributed by atoms with Gasteiger partial charge in [-0.25, -0.2) is 0 Å². The Hall–Kier alpha value is -1.82. The third-order valence-corrected chi connectivity index (χ3v) is 10.6. The van der Waals surface area contributed by atoms with E-state index in [9.17, 15) is 4.79 Å². The van der Waals surface area contributed by atoms with Crippen LogP contribution in [0.5, 0.6) is 5.75 Å². The molecule has 0 aliphatic carbocycles. The average Bonchev–Trinajstić information content (AvgIpc) is 2.56. The van der Waals surface area contributed by atoms with E-state index in [1.165, 1.54) is 0 Å². The lowest BCUT2D eigenvalue weighted by Gasteiger charge is -2.37. The minimum atomic E-state index is -1.81. The van der Waals surface area contributed by atoms with Crippen molar-refractivity contribution in [3.8, 4) is 5.75 Å². The summed E-state index contributed by atoms with van der Waals surface area (Å²) in [4.78, 5) is 15.1. The Labute approximate surface area is 183 Å². The summed E-state index contributed by atoms with van der Waals surface area (Å²) in [5.41, 5.74) is 11.4. The second-order valence-electron chi connectivity index (χ2n) is 10.2. The van der Waals surface area contributed by atoms with Crippen LogP contribution in [0.2, 0.25) is 18.1 Å². The van der Waals surface area contributed by atoms with Gasteiger partial charge in [-0.05, 0) is 73.0 Å². The van der Waals surface area contributed by atoms with E-state index in [4.69, 9.17) is 14.7 Å². The number of carbonyl (C=O) groups is 1. The van der Waals surface area contributed by atoms with E-state index in [0.29, 0.717) is 25.3 Å². The maximum absolute atomic E-state index is 12.4. The van der Waals surface area contributed by atoms with Crippen molar-refractivity contribution in [1.82, 2.24) is 0 Å². The number of ether oxygens (including phenoxy) is 1. The molecule has 0 unspecified atom stereocenters. The summed E-state index contributed by atoms with van der Waals surface area (Å²) in [7, 11) is -1.81. The van der Waals surface area contributed by atoms with Gasteiger partial charge in [0.1, 0.15) is 5.75 Å². The van der Waals surface area contributed by atoms with Gasteiger partial charge in [-0.2, -0.15) is 0 Å². The third-order valence-electron chi connectivity index (χ3n) is 6.04. The highest BCUT2D eigenvalue weighted by Crippen LogP contribution is 2.40. The van der Waals surface area contributed by atoms with E-state index in [-0.39, 0.29) is 22.8 Å². The molecule has 0 bridgehead atoms. The molecule has 1 aromatic rings. The van der Waals surface area contributed by atoms with Crippen molar-refractivity contribution in [3.05, 3.63) is 39.3 Å². The second kappa shape index (κ2) is 10.5. The molecular formula is C23H39N3O3Si. The normalized spacial score (nSPS) is 12.4. The van der Waals surface area contributed by atoms with Crippen molar-refractivity contribution in [3.63, 3.8) is 0 Å². The Kier molecular flexibility index (Phi) is 9.15. The van der Waals surface area contributed by atoms with Crippen molar-refractivity contribution < 1.29 is 14.0 Å². The summed E-state index contributed by atoms with van der Waals surface area (Å²) in [6.07, 6.45) is 1.54. The molecule has 0 N–H and O–H groups in total. The van der Waals surface area contributed by atoms with Crippen LogP contribution in [-0.4, -0.2) is 27.4 Å². The standard InChI is InChI=1S/C23H39N3O3Si/c1-17-15-18(2)21(19(16-17)29-20(27)11-10-13-25-26-24)23(6,7)12-14-28-30(8,9)22(3,4)5/h15-16H,10-14H2,1-9H3. The third kappa shape index (κ3) is 7.46. The predicted octanol–water partition coefficient (Wildman–Crippen LogP) is 6.99. The molecule has 0 aromatic heterocycles. The van der Waals surface area contributed by atoms with Gasteiger partial charge in [-0.1, -0.05) is 45.8 Å². The van der Waals surface area contributed by atoms with Crippen LogP contribution in [0.15, 0.2) is 17.2 Å². The molecule has 0 aliphatic heterocycles. The van der Waals surface area contributed by atoms with Crippen LogP contribution in [-0.2, 0) is 14.6 Å². The number of esters is 1. The minimum absolute atomic E-state index is 0.174. The number of nitrogens with zero attached hydrogens (tertiary/aromatic N) is 3. The van der Waals surface area contributed by atoms with E-state index in [0.717, 1.165) is 23.1 Å². The van der Waals surface area contributed by atoms with Crippen LogP contribution in [0.25, 0.3) is 10.4 Å². The van der Waals surface area contributed by atoms with Crippen molar-refractivity contribution in [2.45, 2.75) is 91.3 Å². The first kappa shape index (κ1) is 26.2. The molecule has 1 aromatic carbocycles. The quantitative estimate of drug-likeness (QED) is 0.0758. The van der Waals surface area contributed by atoms with E-state index >= 15 is 0 Å². The molecule has 1 rings (SSSR count). The van der Waals surface area contributed by atoms with E-state index < -0.39 is 8.32 Å². The number of rotatable bonds is 10. The fourth-order valence-electron chi connectivity index (χ4n) is 3.29. The van der Waals surface area contributed by atoms with E-state index in [2.05, 4.69) is 70.7 Å². The SMILES string of the molecule is Cc1cc(C)c(C(C)(C)CCO[Si](C)(C)C(C)(C)C)c(OC(=O)CCCN=[N+]=[N-])c1. The highest BCUT2D eigenvalue weighted by atomic mass is 28.4. The Bertz CT molecular complexity index is 792. The maximum Gasteiger partial charge on any atom is 0.311 e. The molecule has 0 saturated carbocycles. The van der Waals surface area contributed by atoms with Crippen molar-refractivity contribution >= 4 is 14.3 Å². The lowest BCUT2D eigenvalue weighted by molar-refractivity contribution is -0.134. The summed E-state index contributed by atoms with van der Waals surface area (Å²) in [6, 6.07) is 4.06. The van der Waals surface area contributed by atoms with Gasteiger partial charge in [0.25, 0.3) is 0 Å².